The van der Waals surface area contributed by atoms with Gasteiger partial charge in [-0.25, -0.2) is 4.98 Å². The van der Waals surface area contributed by atoms with Gasteiger partial charge in [0.05, 0.1) is 11.0 Å². The lowest BCUT2D eigenvalue weighted by Crippen LogP contribution is -2.47. The molecular formula is C26H35N5O. The second-order valence-corrected chi connectivity index (χ2v) is 9.14. The van der Waals surface area contributed by atoms with Gasteiger partial charge in [0, 0.05) is 38.1 Å². The number of H-pyrrole nitrogens is 1. The molecule has 2 N–H and O–H groups in total. The van der Waals surface area contributed by atoms with Gasteiger partial charge in [-0.15, -0.1) is 0 Å². The molecule has 32 heavy (non-hydrogen) atoms. The van der Waals surface area contributed by atoms with Crippen LogP contribution in [0.15, 0.2) is 48.5 Å². The first kappa shape index (κ1) is 22.3. The van der Waals surface area contributed by atoms with Gasteiger partial charge in [0.1, 0.15) is 0 Å². The van der Waals surface area contributed by atoms with Gasteiger partial charge in [-0.1, -0.05) is 43.3 Å². The van der Waals surface area contributed by atoms with E-state index in [1.807, 2.05) is 6.07 Å². The zero-order chi connectivity index (χ0) is 22.5. The lowest BCUT2D eigenvalue weighted by Gasteiger charge is -2.32. The van der Waals surface area contributed by atoms with Crippen molar-refractivity contribution in [2.75, 3.05) is 31.6 Å². The molecular weight excluding hydrogens is 398 g/mol. The van der Waals surface area contributed by atoms with Gasteiger partial charge in [-0.2, -0.15) is 0 Å². The van der Waals surface area contributed by atoms with Crippen LogP contribution in [0.4, 0.5) is 5.95 Å². The van der Waals surface area contributed by atoms with E-state index >= 15 is 0 Å². The number of piperidine rings is 1. The van der Waals surface area contributed by atoms with Crippen molar-refractivity contribution < 1.29 is 4.79 Å². The summed E-state index contributed by atoms with van der Waals surface area (Å²) in [7, 11) is 2.12. The normalized spacial score (nSPS) is 15.9. The Kier molecular flexibility index (Phi) is 7.10. The van der Waals surface area contributed by atoms with Crippen molar-refractivity contribution in [1.29, 1.82) is 0 Å². The number of imidazole rings is 1. The summed E-state index contributed by atoms with van der Waals surface area (Å²) in [6.45, 7) is 7.68. The molecule has 0 saturated carbocycles. The maximum Gasteiger partial charge on any atom is 0.223 e. The minimum atomic E-state index is 0.0753. The van der Waals surface area contributed by atoms with Gasteiger partial charge in [0.15, 0.2) is 0 Å². The van der Waals surface area contributed by atoms with Crippen molar-refractivity contribution >= 4 is 22.9 Å². The quantitative estimate of drug-likeness (QED) is 0.561. The van der Waals surface area contributed by atoms with Gasteiger partial charge < -0.3 is 20.1 Å². The number of aryl methyl sites for hydroxylation is 1. The molecule has 1 aliphatic rings. The highest BCUT2D eigenvalue weighted by Gasteiger charge is 2.27. The Balaban J connectivity index is 1.27. The van der Waals surface area contributed by atoms with E-state index in [0.717, 1.165) is 62.4 Å². The van der Waals surface area contributed by atoms with E-state index < -0.39 is 0 Å². The molecule has 1 unspecified atom stereocenters. The van der Waals surface area contributed by atoms with Crippen molar-refractivity contribution in [2.45, 2.75) is 45.7 Å². The van der Waals surface area contributed by atoms with Crippen LogP contribution in [0.5, 0.6) is 0 Å². The van der Waals surface area contributed by atoms with Crippen LogP contribution in [-0.4, -0.2) is 53.5 Å². The van der Waals surface area contributed by atoms with E-state index in [-0.39, 0.29) is 17.9 Å². The highest BCUT2D eigenvalue weighted by Crippen LogP contribution is 2.24. The van der Waals surface area contributed by atoms with E-state index in [4.69, 9.17) is 4.98 Å². The third kappa shape index (κ3) is 5.49. The highest BCUT2D eigenvalue weighted by atomic mass is 16.2. The van der Waals surface area contributed by atoms with Crippen LogP contribution in [0.1, 0.15) is 37.3 Å². The van der Waals surface area contributed by atoms with Crippen LogP contribution in [0, 0.1) is 12.8 Å². The fourth-order valence-electron chi connectivity index (χ4n) is 4.54. The standard InChI is InChI=1S/C26H35N5O/c1-4-22(18-30(3)17-20-8-6-5-7-9-20)27-25(32)21-12-14-31(15-13-21)26-28-23-11-10-19(2)16-24(23)29-26/h5-11,16,21-22H,4,12-15,17-18H2,1-3H3,(H,27,32)(H,28,29). The molecule has 2 aromatic carbocycles. The lowest BCUT2D eigenvalue weighted by molar-refractivity contribution is -0.126. The highest BCUT2D eigenvalue weighted by molar-refractivity contribution is 5.80. The monoisotopic (exact) mass is 433 g/mol. The number of aromatic nitrogens is 2. The summed E-state index contributed by atoms with van der Waals surface area (Å²) in [5, 5.41) is 3.31. The summed E-state index contributed by atoms with van der Waals surface area (Å²) in [6.07, 6.45) is 2.65. The van der Waals surface area contributed by atoms with E-state index in [2.05, 4.69) is 83.5 Å². The van der Waals surface area contributed by atoms with Crippen LogP contribution in [-0.2, 0) is 11.3 Å². The van der Waals surface area contributed by atoms with E-state index in [1.54, 1.807) is 0 Å². The average molecular weight is 434 g/mol. The number of rotatable bonds is 8. The molecule has 4 rings (SSSR count). The number of carbonyl (C=O) groups is 1. The largest absolute Gasteiger partial charge is 0.352 e. The predicted octanol–water partition coefficient (Wildman–Crippen LogP) is 4.11. The molecule has 3 aromatic rings. The van der Waals surface area contributed by atoms with E-state index in [9.17, 15) is 4.79 Å². The molecule has 6 heteroatoms. The molecule has 1 atom stereocenters. The molecule has 0 radical (unpaired) electrons. The van der Waals surface area contributed by atoms with Gasteiger partial charge in [-0.05, 0) is 56.5 Å². The Morgan fingerprint density at radius 2 is 1.97 bits per heavy atom. The number of anilines is 1. The predicted molar refractivity (Wildman–Crippen MR) is 131 cm³/mol. The van der Waals surface area contributed by atoms with Crippen molar-refractivity contribution in [2.24, 2.45) is 5.92 Å². The molecule has 2 heterocycles. The minimum absolute atomic E-state index is 0.0753. The fourth-order valence-corrected chi connectivity index (χ4v) is 4.54. The SMILES string of the molecule is CCC(CN(C)Cc1ccccc1)NC(=O)C1CCN(c2nc3ccc(C)cc3[nH]2)CC1. The molecule has 170 valence electrons. The van der Waals surface area contributed by atoms with Gasteiger partial charge in [0.25, 0.3) is 0 Å². The number of carbonyl (C=O) groups excluding carboxylic acids is 1. The molecule has 1 aromatic heterocycles. The number of aromatic amines is 1. The number of likely N-dealkylation sites (N-methyl/N-ethyl adjacent to an activating group) is 1. The summed E-state index contributed by atoms with van der Waals surface area (Å²) < 4.78 is 0. The molecule has 1 amide bonds. The van der Waals surface area contributed by atoms with Crippen LogP contribution in [0.3, 0.4) is 0 Å². The molecule has 1 saturated heterocycles. The summed E-state index contributed by atoms with van der Waals surface area (Å²) >= 11 is 0. The van der Waals surface area contributed by atoms with Crippen LogP contribution in [0.25, 0.3) is 11.0 Å². The number of amides is 1. The Bertz CT molecular complexity index is 1020. The first-order valence-corrected chi connectivity index (χ1v) is 11.8. The van der Waals surface area contributed by atoms with E-state index in [0.29, 0.717) is 0 Å². The second kappa shape index (κ2) is 10.2. The van der Waals surface area contributed by atoms with E-state index in [1.165, 1.54) is 11.1 Å². The van der Waals surface area contributed by atoms with Crippen molar-refractivity contribution in [3.05, 3.63) is 59.7 Å². The number of hydrogen-bond acceptors (Lipinski definition) is 4. The van der Waals surface area contributed by atoms with Crippen molar-refractivity contribution in [3.8, 4) is 0 Å². The van der Waals surface area contributed by atoms with Gasteiger partial charge in [0.2, 0.25) is 11.9 Å². The van der Waals surface area contributed by atoms with Crippen molar-refractivity contribution in [1.82, 2.24) is 20.2 Å². The average Bonchev–Trinajstić information content (AvgIpc) is 3.22. The maximum absolute atomic E-state index is 13.0. The Morgan fingerprint density at radius 1 is 1.22 bits per heavy atom. The zero-order valence-corrected chi connectivity index (χ0v) is 19.5. The molecule has 6 nitrogen and oxygen atoms in total. The first-order chi connectivity index (χ1) is 15.5. The summed E-state index contributed by atoms with van der Waals surface area (Å²) in [4.78, 5) is 25.7. The summed E-state index contributed by atoms with van der Waals surface area (Å²) in [6, 6.07) is 16.9. The molecule has 1 aliphatic heterocycles. The first-order valence-electron chi connectivity index (χ1n) is 11.8. The third-order valence-electron chi connectivity index (χ3n) is 6.46. The summed E-state index contributed by atoms with van der Waals surface area (Å²) in [5.41, 5.74) is 4.59. The van der Waals surface area contributed by atoms with Crippen LogP contribution < -0.4 is 10.2 Å². The lowest BCUT2D eigenvalue weighted by atomic mass is 9.95. The third-order valence-corrected chi connectivity index (χ3v) is 6.46. The number of nitrogens with zero attached hydrogens (tertiary/aromatic N) is 3. The number of nitrogens with one attached hydrogen (secondary N) is 2. The van der Waals surface area contributed by atoms with Crippen LogP contribution >= 0.6 is 0 Å². The van der Waals surface area contributed by atoms with Gasteiger partial charge >= 0.3 is 0 Å². The zero-order valence-electron chi connectivity index (χ0n) is 19.5. The molecule has 0 aliphatic carbocycles. The molecule has 0 spiro atoms. The number of fused-ring (bicyclic) bond motifs is 1. The Morgan fingerprint density at radius 3 is 2.69 bits per heavy atom. The number of benzene rings is 2. The second-order valence-electron chi connectivity index (χ2n) is 9.14. The number of hydrogen-bond donors (Lipinski definition) is 2. The Labute approximate surface area is 191 Å². The smallest absolute Gasteiger partial charge is 0.223 e. The van der Waals surface area contributed by atoms with Crippen LogP contribution in [0.2, 0.25) is 0 Å². The minimum Gasteiger partial charge on any atom is -0.352 e. The summed E-state index contributed by atoms with van der Waals surface area (Å²) in [5.74, 6) is 1.19. The Hall–Kier alpha value is -2.86. The topological polar surface area (TPSA) is 64.3 Å². The van der Waals surface area contributed by atoms with Crippen molar-refractivity contribution in [3.63, 3.8) is 0 Å². The maximum atomic E-state index is 13.0. The molecule has 1 fully saturated rings. The fraction of sp³-hybridized carbons (Fsp3) is 0.462. The van der Waals surface area contributed by atoms with Gasteiger partial charge in [-0.3, -0.25) is 4.79 Å². The molecule has 0 bridgehead atoms.